The minimum Gasteiger partial charge on any atom is -0.496 e. The summed E-state index contributed by atoms with van der Waals surface area (Å²) in [7, 11) is 1.64. The van der Waals surface area contributed by atoms with E-state index in [4.69, 9.17) is 4.74 Å². The molecule has 3 aromatic rings. The highest BCUT2D eigenvalue weighted by atomic mass is 16.5. The monoisotopic (exact) mass is 362 g/mol. The number of nitrogens with zero attached hydrogens (tertiary/aromatic N) is 2. The number of anilines is 2. The number of methoxy groups -OCH3 is 1. The molecule has 6 nitrogen and oxygen atoms in total. The van der Waals surface area contributed by atoms with Gasteiger partial charge in [0.25, 0.3) is 5.91 Å². The highest BCUT2D eigenvalue weighted by Crippen LogP contribution is 2.18. The van der Waals surface area contributed by atoms with Crippen molar-refractivity contribution >= 4 is 17.5 Å². The molecule has 0 spiro atoms. The van der Waals surface area contributed by atoms with Gasteiger partial charge in [0.2, 0.25) is 5.95 Å². The maximum Gasteiger partial charge on any atom is 0.258 e. The van der Waals surface area contributed by atoms with E-state index in [2.05, 4.69) is 26.7 Å². The van der Waals surface area contributed by atoms with Crippen molar-refractivity contribution in [2.24, 2.45) is 0 Å². The Morgan fingerprint density at radius 3 is 2.37 bits per heavy atom. The number of hydrogen-bond donors (Lipinski definition) is 2. The topological polar surface area (TPSA) is 76.1 Å². The van der Waals surface area contributed by atoms with E-state index in [9.17, 15) is 4.79 Å². The third-order valence-corrected chi connectivity index (χ3v) is 4.02. The first kappa shape index (κ1) is 18.4. The van der Waals surface area contributed by atoms with Crippen molar-refractivity contribution in [3.05, 3.63) is 77.1 Å². The zero-order valence-corrected chi connectivity index (χ0v) is 15.6. The number of carbonyl (C=O) groups excluding carboxylic acids is 1. The smallest absolute Gasteiger partial charge is 0.258 e. The van der Waals surface area contributed by atoms with Crippen molar-refractivity contribution in [1.82, 2.24) is 9.97 Å². The van der Waals surface area contributed by atoms with E-state index < -0.39 is 0 Å². The predicted molar refractivity (Wildman–Crippen MR) is 106 cm³/mol. The third kappa shape index (κ3) is 4.82. The molecule has 6 heteroatoms. The van der Waals surface area contributed by atoms with E-state index in [0.717, 1.165) is 28.1 Å². The molecule has 0 fully saturated rings. The molecule has 0 saturated heterocycles. The van der Waals surface area contributed by atoms with E-state index in [-0.39, 0.29) is 5.91 Å². The lowest BCUT2D eigenvalue weighted by atomic mass is 10.1. The Kier molecular flexibility index (Phi) is 5.66. The number of aryl methyl sites for hydroxylation is 2. The summed E-state index contributed by atoms with van der Waals surface area (Å²) in [5.41, 5.74) is 4.35. The number of amides is 1. The lowest BCUT2D eigenvalue weighted by molar-refractivity contribution is 0.102. The first-order valence-electron chi connectivity index (χ1n) is 8.62. The van der Waals surface area contributed by atoms with E-state index in [1.54, 1.807) is 7.11 Å². The number of benzene rings is 2. The molecule has 27 heavy (non-hydrogen) atoms. The molecule has 0 unspecified atom stereocenters. The van der Waals surface area contributed by atoms with Gasteiger partial charge >= 0.3 is 0 Å². The van der Waals surface area contributed by atoms with Gasteiger partial charge in [-0.15, -0.1) is 0 Å². The summed E-state index contributed by atoms with van der Waals surface area (Å²) in [5, 5.41) is 6.01. The van der Waals surface area contributed by atoms with Gasteiger partial charge in [0.1, 0.15) is 5.75 Å². The van der Waals surface area contributed by atoms with Crippen LogP contribution in [-0.2, 0) is 6.54 Å². The molecule has 2 N–H and O–H groups in total. The molecule has 1 aromatic heterocycles. The first-order valence-corrected chi connectivity index (χ1v) is 8.62. The highest BCUT2D eigenvalue weighted by Gasteiger charge is 2.09. The van der Waals surface area contributed by atoms with Gasteiger partial charge in [-0.3, -0.25) is 4.79 Å². The predicted octanol–water partition coefficient (Wildman–Crippen LogP) is 3.97. The van der Waals surface area contributed by atoms with Gasteiger partial charge in [-0.05, 0) is 43.2 Å². The fourth-order valence-electron chi connectivity index (χ4n) is 2.81. The average Bonchev–Trinajstić information content (AvgIpc) is 2.66. The Labute approximate surface area is 158 Å². The highest BCUT2D eigenvalue weighted by molar-refractivity contribution is 6.04. The van der Waals surface area contributed by atoms with Crippen molar-refractivity contribution < 1.29 is 9.53 Å². The molecule has 0 bridgehead atoms. The number of carbonyl (C=O) groups is 1. The molecule has 0 aliphatic rings. The molecular formula is C21H22N4O2. The Morgan fingerprint density at radius 2 is 1.70 bits per heavy atom. The largest absolute Gasteiger partial charge is 0.496 e. The van der Waals surface area contributed by atoms with Crippen molar-refractivity contribution in [1.29, 1.82) is 0 Å². The molecule has 0 radical (unpaired) electrons. The van der Waals surface area contributed by atoms with Crippen LogP contribution in [0.25, 0.3) is 0 Å². The van der Waals surface area contributed by atoms with Crippen LogP contribution in [0.4, 0.5) is 11.6 Å². The van der Waals surface area contributed by atoms with Gasteiger partial charge in [-0.1, -0.05) is 24.3 Å². The van der Waals surface area contributed by atoms with Crippen LogP contribution in [-0.4, -0.2) is 23.0 Å². The average molecular weight is 362 g/mol. The van der Waals surface area contributed by atoms with E-state index in [1.807, 2.05) is 50.2 Å². The van der Waals surface area contributed by atoms with Gasteiger partial charge in [0.15, 0.2) is 0 Å². The van der Waals surface area contributed by atoms with Gasteiger partial charge < -0.3 is 15.4 Å². The van der Waals surface area contributed by atoms with Crippen LogP contribution in [0.15, 0.2) is 54.9 Å². The van der Waals surface area contributed by atoms with Crippen molar-refractivity contribution in [2.45, 2.75) is 20.4 Å². The van der Waals surface area contributed by atoms with Crippen LogP contribution in [0.3, 0.4) is 0 Å². The molecule has 0 saturated carbocycles. The molecule has 138 valence electrons. The molecule has 0 atom stereocenters. The maximum atomic E-state index is 12.4. The Morgan fingerprint density at radius 1 is 1.04 bits per heavy atom. The van der Waals surface area contributed by atoms with E-state index in [0.29, 0.717) is 18.1 Å². The van der Waals surface area contributed by atoms with Crippen molar-refractivity contribution in [3.63, 3.8) is 0 Å². The van der Waals surface area contributed by atoms with Crippen molar-refractivity contribution in [3.8, 4) is 5.75 Å². The van der Waals surface area contributed by atoms with Crippen LogP contribution in [0.1, 0.15) is 27.0 Å². The molecule has 1 heterocycles. The number of para-hydroxylation sites is 1. The van der Waals surface area contributed by atoms with Crippen LogP contribution in [0.5, 0.6) is 5.75 Å². The summed E-state index contributed by atoms with van der Waals surface area (Å²) in [6.07, 6.45) is 3.02. The summed E-state index contributed by atoms with van der Waals surface area (Å²) in [5.74, 6) is 1.01. The summed E-state index contributed by atoms with van der Waals surface area (Å²) in [6.45, 7) is 4.51. The Bertz CT molecular complexity index is 919. The normalized spacial score (nSPS) is 10.3. The van der Waals surface area contributed by atoms with Crippen molar-refractivity contribution in [2.75, 3.05) is 17.7 Å². The Balaban J connectivity index is 1.63. The summed E-state index contributed by atoms with van der Waals surface area (Å²) >= 11 is 0. The summed E-state index contributed by atoms with van der Waals surface area (Å²) < 4.78 is 5.32. The second-order valence-corrected chi connectivity index (χ2v) is 6.29. The Hall–Kier alpha value is -3.41. The van der Waals surface area contributed by atoms with Gasteiger partial charge in [0.05, 0.1) is 12.7 Å². The fraction of sp³-hybridized carbons (Fsp3) is 0.190. The lowest BCUT2D eigenvalue weighted by Gasteiger charge is -2.10. The first-order chi connectivity index (χ1) is 13.0. The van der Waals surface area contributed by atoms with Crippen LogP contribution >= 0.6 is 0 Å². The number of aromatic nitrogens is 2. The maximum absolute atomic E-state index is 12.4. The SMILES string of the molecule is COc1ccccc1CNc1ncc(C(=O)Nc2cc(C)cc(C)c2)cn1. The molecular weight excluding hydrogens is 340 g/mol. The standard InChI is InChI=1S/C21H22N4O2/c1-14-8-15(2)10-18(9-14)25-20(26)17-12-23-21(24-13-17)22-11-16-6-4-5-7-19(16)27-3/h4-10,12-13H,11H2,1-3H3,(H,25,26)(H,22,23,24). The number of nitrogens with one attached hydrogen (secondary N) is 2. The van der Waals surface area contributed by atoms with Gasteiger partial charge in [-0.2, -0.15) is 0 Å². The number of ether oxygens (including phenoxy) is 1. The van der Waals surface area contributed by atoms with Crippen LogP contribution < -0.4 is 15.4 Å². The zero-order chi connectivity index (χ0) is 19.2. The van der Waals surface area contributed by atoms with Gasteiger partial charge in [-0.25, -0.2) is 9.97 Å². The summed E-state index contributed by atoms with van der Waals surface area (Å²) in [4.78, 5) is 20.8. The van der Waals surface area contributed by atoms with E-state index in [1.165, 1.54) is 12.4 Å². The third-order valence-electron chi connectivity index (χ3n) is 4.02. The molecule has 1 amide bonds. The minimum atomic E-state index is -0.240. The molecule has 2 aromatic carbocycles. The number of rotatable bonds is 6. The quantitative estimate of drug-likeness (QED) is 0.694. The molecule has 3 rings (SSSR count). The van der Waals surface area contributed by atoms with Crippen LogP contribution in [0.2, 0.25) is 0 Å². The second-order valence-electron chi connectivity index (χ2n) is 6.29. The second kappa shape index (κ2) is 8.31. The fourth-order valence-corrected chi connectivity index (χ4v) is 2.81. The number of hydrogen-bond acceptors (Lipinski definition) is 5. The molecule has 0 aliphatic heterocycles. The minimum absolute atomic E-state index is 0.240. The van der Waals surface area contributed by atoms with Gasteiger partial charge in [0, 0.05) is 30.2 Å². The van der Waals surface area contributed by atoms with E-state index >= 15 is 0 Å². The summed E-state index contributed by atoms with van der Waals surface area (Å²) in [6, 6.07) is 13.6. The zero-order valence-electron chi connectivity index (χ0n) is 15.6. The van der Waals surface area contributed by atoms with Crippen LogP contribution in [0, 0.1) is 13.8 Å². The molecule has 0 aliphatic carbocycles. The lowest BCUT2D eigenvalue weighted by Crippen LogP contribution is -2.13.